The van der Waals surface area contributed by atoms with E-state index in [0.29, 0.717) is 11.4 Å². The molecule has 0 unspecified atom stereocenters. The van der Waals surface area contributed by atoms with Gasteiger partial charge in [0, 0.05) is 23.6 Å². The van der Waals surface area contributed by atoms with Gasteiger partial charge in [-0.15, -0.1) is 0 Å². The average Bonchev–Trinajstić information content (AvgIpc) is 2.48. The molecule has 2 aromatic carbocycles. The summed E-state index contributed by atoms with van der Waals surface area (Å²) in [7, 11) is 0. The summed E-state index contributed by atoms with van der Waals surface area (Å²) in [6, 6.07) is 11.1. The minimum Gasteiger partial charge on any atom is -0.325 e. The molecule has 0 radical (unpaired) electrons. The number of rotatable bonds is 5. The fourth-order valence-electron chi connectivity index (χ4n) is 1.88. The first-order valence-electron chi connectivity index (χ1n) is 6.44. The Bertz CT molecular complexity index is 720. The number of nitrogens with one attached hydrogen (secondary N) is 1. The van der Waals surface area contributed by atoms with Gasteiger partial charge >= 0.3 is 0 Å². The molecule has 1 amide bonds. The van der Waals surface area contributed by atoms with E-state index < -0.39 is 4.92 Å². The van der Waals surface area contributed by atoms with Crippen molar-refractivity contribution in [2.45, 2.75) is 12.8 Å². The Balaban J connectivity index is 2.02. The first-order valence-corrected chi connectivity index (χ1v) is 7.20. The van der Waals surface area contributed by atoms with Crippen LogP contribution in [0.1, 0.15) is 12.0 Å². The van der Waals surface area contributed by atoms with Crippen LogP contribution in [0.3, 0.4) is 0 Å². The van der Waals surface area contributed by atoms with Gasteiger partial charge in [0.1, 0.15) is 0 Å². The SMILES string of the molecule is O=C(CCc1ccccc1Cl)Nc1cc([N+](=O)[O-])ccc1Cl. The second-order valence-corrected chi connectivity index (χ2v) is 5.38. The van der Waals surface area contributed by atoms with Crippen LogP contribution in [0, 0.1) is 10.1 Å². The van der Waals surface area contributed by atoms with Crippen LogP contribution in [0.25, 0.3) is 0 Å². The largest absolute Gasteiger partial charge is 0.325 e. The van der Waals surface area contributed by atoms with Crippen molar-refractivity contribution in [3.8, 4) is 0 Å². The maximum Gasteiger partial charge on any atom is 0.271 e. The number of carbonyl (C=O) groups excluding carboxylic acids is 1. The van der Waals surface area contributed by atoms with Crippen molar-refractivity contribution in [2.75, 3.05) is 5.32 Å². The Morgan fingerprint density at radius 2 is 1.86 bits per heavy atom. The molecular formula is C15H12Cl2N2O3. The molecule has 0 aliphatic rings. The number of non-ortho nitro benzene ring substituents is 1. The van der Waals surface area contributed by atoms with E-state index in [2.05, 4.69) is 5.32 Å². The van der Waals surface area contributed by atoms with Crippen molar-refractivity contribution in [1.29, 1.82) is 0 Å². The van der Waals surface area contributed by atoms with Gasteiger partial charge in [-0.05, 0) is 24.1 Å². The molecule has 0 atom stereocenters. The van der Waals surface area contributed by atoms with E-state index in [4.69, 9.17) is 23.2 Å². The lowest BCUT2D eigenvalue weighted by atomic mass is 10.1. The summed E-state index contributed by atoms with van der Waals surface area (Å²) in [5.74, 6) is -0.290. The maximum atomic E-state index is 11.9. The maximum absolute atomic E-state index is 11.9. The minimum atomic E-state index is -0.546. The van der Waals surface area contributed by atoms with Crippen molar-refractivity contribution < 1.29 is 9.72 Å². The molecule has 0 aliphatic carbocycles. The lowest BCUT2D eigenvalue weighted by molar-refractivity contribution is -0.384. The molecule has 22 heavy (non-hydrogen) atoms. The van der Waals surface area contributed by atoms with Gasteiger partial charge in [-0.25, -0.2) is 0 Å². The molecule has 0 aromatic heterocycles. The number of aryl methyl sites for hydroxylation is 1. The second-order valence-electron chi connectivity index (χ2n) is 4.56. The number of nitro benzene ring substituents is 1. The predicted octanol–water partition coefficient (Wildman–Crippen LogP) is 4.47. The Hall–Kier alpha value is -2.11. The molecule has 0 bridgehead atoms. The number of carbonyl (C=O) groups is 1. The minimum absolute atomic E-state index is 0.134. The molecule has 0 saturated heterocycles. The quantitative estimate of drug-likeness (QED) is 0.645. The van der Waals surface area contributed by atoms with Crippen molar-refractivity contribution in [2.24, 2.45) is 0 Å². The summed E-state index contributed by atoms with van der Waals surface area (Å²) in [5.41, 5.74) is 0.954. The fourth-order valence-corrected chi connectivity index (χ4v) is 2.28. The number of halogens is 2. The van der Waals surface area contributed by atoms with Gasteiger partial charge in [0.25, 0.3) is 5.69 Å². The van der Waals surface area contributed by atoms with Crippen molar-refractivity contribution in [3.63, 3.8) is 0 Å². The molecule has 0 spiro atoms. The van der Waals surface area contributed by atoms with Crippen LogP contribution in [-0.2, 0) is 11.2 Å². The number of hydrogen-bond donors (Lipinski definition) is 1. The zero-order valence-corrected chi connectivity index (χ0v) is 12.9. The third-order valence-electron chi connectivity index (χ3n) is 3.01. The smallest absolute Gasteiger partial charge is 0.271 e. The number of benzene rings is 2. The van der Waals surface area contributed by atoms with Gasteiger partial charge < -0.3 is 5.32 Å². The van der Waals surface area contributed by atoms with Crippen LogP contribution in [0.15, 0.2) is 42.5 Å². The molecule has 114 valence electrons. The number of nitrogens with zero attached hydrogens (tertiary/aromatic N) is 1. The summed E-state index contributed by atoms with van der Waals surface area (Å²) in [5, 5.41) is 14.2. The van der Waals surface area contributed by atoms with Crippen molar-refractivity contribution in [3.05, 3.63) is 68.2 Å². The first kappa shape index (κ1) is 16.3. The highest BCUT2D eigenvalue weighted by atomic mass is 35.5. The highest BCUT2D eigenvalue weighted by molar-refractivity contribution is 6.33. The summed E-state index contributed by atoms with van der Waals surface area (Å²) in [6.45, 7) is 0. The Labute approximate surface area is 137 Å². The van der Waals surface area contributed by atoms with E-state index in [9.17, 15) is 14.9 Å². The van der Waals surface area contributed by atoms with Crippen LogP contribution in [0.4, 0.5) is 11.4 Å². The first-order chi connectivity index (χ1) is 10.5. The summed E-state index contributed by atoms with van der Waals surface area (Å²) in [6.07, 6.45) is 0.667. The highest BCUT2D eigenvalue weighted by Gasteiger charge is 2.12. The van der Waals surface area contributed by atoms with Crippen LogP contribution in [-0.4, -0.2) is 10.8 Å². The van der Waals surface area contributed by atoms with E-state index in [-0.39, 0.29) is 28.7 Å². The zero-order chi connectivity index (χ0) is 16.1. The molecule has 0 fully saturated rings. The number of nitro groups is 1. The van der Waals surface area contributed by atoms with Crippen molar-refractivity contribution >= 4 is 40.5 Å². The summed E-state index contributed by atoms with van der Waals surface area (Å²) < 4.78 is 0. The number of anilines is 1. The van der Waals surface area contributed by atoms with Gasteiger partial charge in [-0.2, -0.15) is 0 Å². The van der Waals surface area contributed by atoms with Gasteiger partial charge in [0.2, 0.25) is 5.91 Å². The van der Waals surface area contributed by atoms with E-state index in [1.807, 2.05) is 18.2 Å². The summed E-state index contributed by atoms with van der Waals surface area (Å²) >= 11 is 11.9. The standard InChI is InChI=1S/C15H12Cl2N2O3/c16-12-4-2-1-3-10(12)5-8-15(20)18-14-9-11(19(21)22)6-7-13(14)17/h1-4,6-7,9H,5,8H2,(H,18,20). The van der Waals surface area contributed by atoms with Gasteiger partial charge in [-0.1, -0.05) is 41.4 Å². The zero-order valence-electron chi connectivity index (χ0n) is 11.4. The van der Waals surface area contributed by atoms with E-state index in [0.717, 1.165) is 5.56 Å². The van der Waals surface area contributed by atoms with Gasteiger partial charge in [-0.3, -0.25) is 14.9 Å². The molecule has 7 heteroatoms. The lowest BCUT2D eigenvalue weighted by Gasteiger charge is -2.08. The van der Waals surface area contributed by atoms with E-state index in [1.54, 1.807) is 6.07 Å². The third kappa shape index (κ3) is 4.19. The molecule has 2 rings (SSSR count). The second kappa shape index (κ2) is 7.24. The van der Waals surface area contributed by atoms with Crippen LogP contribution in [0.5, 0.6) is 0 Å². The van der Waals surface area contributed by atoms with Crippen LogP contribution < -0.4 is 5.32 Å². The summed E-state index contributed by atoms with van der Waals surface area (Å²) in [4.78, 5) is 22.1. The van der Waals surface area contributed by atoms with Gasteiger partial charge in [0.05, 0.1) is 15.6 Å². The topological polar surface area (TPSA) is 72.2 Å². The molecule has 0 saturated carbocycles. The molecule has 0 aliphatic heterocycles. The molecular weight excluding hydrogens is 327 g/mol. The van der Waals surface area contributed by atoms with Crippen LogP contribution >= 0.6 is 23.2 Å². The van der Waals surface area contributed by atoms with Gasteiger partial charge in [0.15, 0.2) is 0 Å². The Kier molecular flexibility index (Phi) is 5.35. The predicted molar refractivity (Wildman–Crippen MR) is 86.5 cm³/mol. The fraction of sp³-hybridized carbons (Fsp3) is 0.133. The monoisotopic (exact) mass is 338 g/mol. The van der Waals surface area contributed by atoms with E-state index >= 15 is 0 Å². The normalized spacial score (nSPS) is 10.3. The molecule has 0 heterocycles. The number of amides is 1. The molecule has 2 aromatic rings. The van der Waals surface area contributed by atoms with E-state index in [1.165, 1.54) is 18.2 Å². The Morgan fingerprint density at radius 1 is 1.14 bits per heavy atom. The van der Waals surface area contributed by atoms with Crippen molar-refractivity contribution in [1.82, 2.24) is 0 Å². The Morgan fingerprint density at radius 3 is 2.55 bits per heavy atom. The highest BCUT2D eigenvalue weighted by Crippen LogP contribution is 2.27. The number of hydrogen-bond acceptors (Lipinski definition) is 3. The molecule has 1 N–H and O–H groups in total. The lowest BCUT2D eigenvalue weighted by Crippen LogP contribution is -2.13. The average molecular weight is 339 g/mol. The third-order valence-corrected chi connectivity index (χ3v) is 3.71. The molecule has 5 nitrogen and oxygen atoms in total. The van der Waals surface area contributed by atoms with Crippen LogP contribution in [0.2, 0.25) is 10.0 Å².